The molecule has 0 atom stereocenters. The van der Waals surface area contributed by atoms with Gasteiger partial charge in [0.1, 0.15) is 17.3 Å². The number of halogens is 5. The van der Waals surface area contributed by atoms with Gasteiger partial charge in [-0.25, -0.2) is 8.78 Å². The number of aliphatic hydroxyl groups is 1. The molecule has 1 N–H and O–H groups in total. The Bertz CT molecular complexity index is 515. The average molecular weight is 293 g/mol. The number of alkyl halides is 3. The molecule has 0 radical (unpaired) electrons. The zero-order chi connectivity index (χ0) is 14.9. The normalized spacial score (nSPS) is 16.3. The van der Waals surface area contributed by atoms with Crippen molar-refractivity contribution in [3.8, 4) is 0 Å². The number of nitrogens with zero attached hydrogens (tertiary/aromatic N) is 1. The van der Waals surface area contributed by atoms with E-state index in [2.05, 4.69) is 0 Å². The summed E-state index contributed by atoms with van der Waals surface area (Å²) < 4.78 is 65.0. The van der Waals surface area contributed by atoms with E-state index in [1.165, 1.54) is 4.90 Å². The van der Waals surface area contributed by atoms with Gasteiger partial charge in [-0.1, -0.05) is 6.08 Å². The predicted molar refractivity (Wildman–Crippen MR) is 63.2 cm³/mol. The monoisotopic (exact) mass is 293 g/mol. The minimum absolute atomic E-state index is 0.0762. The largest absolute Gasteiger partial charge is 0.412 e. The van der Waals surface area contributed by atoms with Crippen LogP contribution in [0.3, 0.4) is 0 Å². The van der Waals surface area contributed by atoms with Crippen LogP contribution in [0.2, 0.25) is 0 Å². The molecule has 1 aliphatic rings. The van der Waals surface area contributed by atoms with E-state index in [0.717, 1.165) is 18.2 Å². The van der Waals surface area contributed by atoms with Crippen molar-refractivity contribution in [1.29, 1.82) is 0 Å². The lowest BCUT2D eigenvalue weighted by Gasteiger charge is -2.29. The Morgan fingerprint density at radius 3 is 2.15 bits per heavy atom. The minimum Gasteiger partial charge on any atom is -0.392 e. The standard InChI is InChI=1S/C13H12F5NO/c14-10-5-8(7-20)6-11(15)12(10)19-3-1-9(2-4-19)13(16,17)18/h1,5-6,20H,2-4,7H2. The second-order valence-electron chi connectivity index (χ2n) is 4.49. The van der Waals surface area contributed by atoms with E-state index >= 15 is 0 Å². The Hall–Kier alpha value is -1.63. The Morgan fingerprint density at radius 2 is 1.75 bits per heavy atom. The van der Waals surface area contributed by atoms with E-state index in [1.54, 1.807) is 0 Å². The van der Waals surface area contributed by atoms with Crippen molar-refractivity contribution in [2.24, 2.45) is 0 Å². The Labute approximate surface area is 112 Å². The number of hydrogen-bond donors (Lipinski definition) is 1. The summed E-state index contributed by atoms with van der Waals surface area (Å²) in [4.78, 5) is 1.21. The lowest BCUT2D eigenvalue weighted by Crippen LogP contribution is -2.33. The van der Waals surface area contributed by atoms with Gasteiger partial charge in [-0.15, -0.1) is 0 Å². The highest BCUT2D eigenvalue weighted by Gasteiger charge is 2.35. The molecule has 0 bridgehead atoms. The number of benzene rings is 1. The molecule has 110 valence electrons. The van der Waals surface area contributed by atoms with Crippen LogP contribution in [0.4, 0.5) is 27.6 Å². The van der Waals surface area contributed by atoms with Gasteiger partial charge in [-0.3, -0.25) is 0 Å². The second kappa shape index (κ2) is 5.40. The topological polar surface area (TPSA) is 23.5 Å². The molecule has 0 aromatic heterocycles. The summed E-state index contributed by atoms with van der Waals surface area (Å²) in [5.41, 5.74) is -0.964. The molecule has 0 fully saturated rings. The van der Waals surface area contributed by atoms with Gasteiger partial charge < -0.3 is 10.0 Å². The highest BCUT2D eigenvalue weighted by Crippen LogP contribution is 2.33. The molecular weight excluding hydrogens is 281 g/mol. The van der Waals surface area contributed by atoms with Crippen molar-refractivity contribution >= 4 is 5.69 Å². The van der Waals surface area contributed by atoms with Crippen molar-refractivity contribution < 1.29 is 27.1 Å². The maximum atomic E-state index is 13.8. The van der Waals surface area contributed by atoms with Crippen LogP contribution in [0.25, 0.3) is 0 Å². The molecule has 1 aliphatic heterocycles. The van der Waals surface area contributed by atoms with E-state index in [4.69, 9.17) is 5.11 Å². The van der Waals surface area contributed by atoms with Crippen LogP contribution in [-0.4, -0.2) is 24.4 Å². The smallest absolute Gasteiger partial charge is 0.392 e. The van der Waals surface area contributed by atoms with Gasteiger partial charge in [-0.2, -0.15) is 13.2 Å². The first-order chi connectivity index (χ1) is 9.32. The summed E-state index contributed by atoms with van der Waals surface area (Å²) in [6, 6.07) is 1.95. The molecule has 7 heteroatoms. The Morgan fingerprint density at radius 1 is 1.15 bits per heavy atom. The highest BCUT2D eigenvalue weighted by atomic mass is 19.4. The lowest BCUT2D eigenvalue weighted by molar-refractivity contribution is -0.0944. The first-order valence-electron chi connectivity index (χ1n) is 5.93. The molecule has 1 heterocycles. The van der Waals surface area contributed by atoms with Crippen molar-refractivity contribution in [1.82, 2.24) is 0 Å². The van der Waals surface area contributed by atoms with Gasteiger partial charge >= 0.3 is 6.18 Å². The first kappa shape index (κ1) is 14.8. The summed E-state index contributed by atoms with van der Waals surface area (Å²) >= 11 is 0. The fourth-order valence-corrected chi connectivity index (χ4v) is 2.14. The first-order valence-corrected chi connectivity index (χ1v) is 5.93. The highest BCUT2D eigenvalue weighted by molar-refractivity contribution is 5.52. The third kappa shape index (κ3) is 2.92. The van der Waals surface area contributed by atoms with Crippen molar-refractivity contribution in [3.05, 3.63) is 41.0 Å². The molecule has 0 spiro atoms. The molecule has 0 unspecified atom stereocenters. The molecule has 20 heavy (non-hydrogen) atoms. The number of aliphatic hydroxyl groups excluding tert-OH is 1. The second-order valence-corrected chi connectivity index (χ2v) is 4.49. The van der Waals surface area contributed by atoms with E-state index < -0.39 is 30.0 Å². The summed E-state index contributed by atoms with van der Waals surface area (Å²) in [5, 5.41) is 8.83. The molecule has 1 aromatic carbocycles. The average Bonchev–Trinajstić information content (AvgIpc) is 2.37. The minimum atomic E-state index is -4.40. The van der Waals surface area contributed by atoms with E-state index in [-0.39, 0.29) is 30.8 Å². The van der Waals surface area contributed by atoms with Crippen LogP contribution < -0.4 is 4.90 Å². The maximum Gasteiger partial charge on any atom is 0.412 e. The number of rotatable bonds is 2. The van der Waals surface area contributed by atoms with E-state index in [9.17, 15) is 22.0 Å². The summed E-state index contributed by atoms with van der Waals surface area (Å²) in [6.07, 6.45) is -3.78. The van der Waals surface area contributed by atoms with Gasteiger partial charge in [0.05, 0.1) is 6.61 Å². The van der Waals surface area contributed by atoms with Gasteiger partial charge in [-0.05, 0) is 24.1 Å². The third-order valence-corrected chi connectivity index (χ3v) is 3.15. The van der Waals surface area contributed by atoms with Crippen molar-refractivity contribution in [3.63, 3.8) is 0 Å². The molecule has 0 saturated carbocycles. The van der Waals surface area contributed by atoms with Crippen LogP contribution in [0.5, 0.6) is 0 Å². The molecule has 0 aliphatic carbocycles. The summed E-state index contributed by atoms with van der Waals surface area (Å²) in [7, 11) is 0. The van der Waals surface area contributed by atoms with Crippen LogP contribution in [0.15, 0.2) is 23.8 Å². The Kier molecular flexibility index (Phi) is 3.99. The molecule has 0 amide bonds. The van der Waals surface area contributed by atoms with Crippen molar-refractivity contribution in [2.45, 2.75) is 19.2 Å². The van der Waals surface area contributed by atoms with Crippen molar-refractivity contribution in [2.75, 3.05) is 18.0 Å². The predicted octanol–water partition coefficient (Wildman–Crippen LogP) is 3.16. The van der Waals surface area contributed by atoms with E-state index in [1.807, 2.05) is 0 Å². The molecule has 2 rings (SSSR count). The lowest BCUT2D eigenvalue weighted by atomic mass is 10.1. The van der Waals surface area contributed by atoms with Gasteiger partial charge in [0.25, 0.3) is 0 Å². The quantitative estimate of drug-likeness (QED) is 0.669. The molecular formula is C13H12F5NO. The summed E-state index contributed by atoms with van der Waals surface area (Å²) in [5.74, 6) is -1.78. The molecule has 0 saturated heterocycles. The van der Waals surface area contributed by atoms with Gasteiger partial charge in [0.2, 0.25) is 0 Å². The van der Waals surface area contributed by atoms with Crippen LogP contribution in [0, 0.1) is 11.6 Å². The van der Waals surface area contributed by atoms with Crippen LogP contribution in [-0.2, 0) is 6.61 Å². The zero-order valence-corrected chi connectivity index (χ0v) is 10.3. The third-order valence-electron chi connectivity index (χ3n) is 3.15. The number of anilines is 1. The summed E-state index contributed by atoms with van der Waals surface area (Å²) in [6.45, 7) is -0.828. The molecule has 1 aromatic rings. The SMILES string of the molecule is OCc1cc(F)c(N2CC=C(C(F)(F)F)CC2)c(F)c1. The van der Waals surface area contributed by atoms with Gasteiger partial charge in [0.15, 0.2) is 0 Å². The van der Waals surface area contributed by atoms with Crippen LogP contribution in [0.1, 0.15) is 12.0 Å². The zero-order valence-electron chi connectivity index (χ0n) is 10.3. The number of hydrogen-bond acceptors (Lipinski definition) is 2. The van der Waals surface area contributed by atoms with Gasteiger partial charge in [0, 0.05) is 18.7 Å². The maximum absolute atomic E-state index is 13.8. The molecule has 2 nitrogen and oxygen atoms in total. The van der Waals surface area contributed by atoms with E-state index in [0.29, 0.717) is 0 Å². The fraction of sp³-hybridized carbons (Fsp3) is 0.385. The fourth-order valence-electron chi connectivity index (χ4n) is 2.14. The van der Waals surface area contributed by atoms with Crippen LogP contribution >= 0.6 is 0 Å². The Balaban J connectivity index is 2.25.